The van der Waals surface area contributed by atoms with E-state index in [9.17, 15) is 19.5 Å². The molecule has 0 bridgehead atoms. The first-order valence-electron chi connectivity index (χ1n) is 11.0. The van der Waals surface area contributed by atoms with Crippen LogP contribution in [0.15, 0.2) is 36.5 Å². The molecule has 1 aromatic heterocycles. The first kappa shape index (κ1) is 25.3. The predicted molar refractivity (Wildman–Crippen MR) is 128 cm³/mol. The van der Waals surface area contributed by atoms with Crippen LogP contribution in [0.4, 0.5) is 10.5 Å². The maximum atomic E-state index is 12.8. The van der Waals surface area contributed by atoms with Gasteiger partial charge in [0.1, 0.15) is 17.0 Å². The molecule has 0 spiro atoms. The van der Waals surface area contributed by atoms with E-state index in [-0.39, 0.29) is 29.8 Å². The number of benzene rings is 1. The van der Waals surface area contributed by atoms with Gasteiger partial charge in [-0.15, -0.1) is 0 Å². The van der Waals surface area contributed by atoms with Crippen molar-refractivity contribution in [3.05, 3.63) is 52.8 Å². The van der Waals surface area contributed by atoms with Gasteiger partial charge in [-0.05, 0) is 63.9 Å². The highest BCUT2D eigenvalue weighted by Gasteiger charge is 2.28. The van der Waals surface area contributed by atoms with Crippen LogP contribution in [0.3, 0.4) is 0 Å². The summed E-state index contributed by atoms with van der Waals surface area (Å²) in [6.07, 6.45) is 2.41. The molecule has 1 aromatic carbocycles. The molecule has 2 aromatic rings. The number of carbonyl (C=O) groups excluding carboxylic acids is 3. The summed E-state index contributed by atoms with van der Waals surface area (Å²) in [5, 5.41) is 15.9. The molecule has 34 heavy (non-hydrogen) atoms. The van der Waals surface area contributed by atoms with Gasteiger partial charge in [0, 0.05) is 41.6 Å². The number of carbonyl (C=O) groups is 3. The van der Waals surface area contributed by atoms with E-state index in [1.807, 2.05) is 20.8 Å². The van der Waals surface area contributed by atoms with E-state index in [1.165, 1.54) is 30.5 Å². The Bertz CT molecular complexity index is 1070. The monoisotopic (exact) mass is 488 g/mol. The zero-order valence-electron chi connectivity index (χ0n) is 19.4. The van der Waals surface area contributed by atoms with Crippen molar-refractivity contribution in [3.63, 3.8) is 0 Å². The number of phenols is 1. The number of rotatable bonds is 5. The van der Waals surface area contributed by atoms with Crippen LogP contribution < -0.4 is 10.6 Å². The number of amides is 3. The Morgan fingerprint density at radius 2 is 2.00 bits per heavy atom. The van der Waals surface area contributed by atoms with Crippen molar-refractivity contribution < 1.29 is 24.2 Å². The number of aromatic hydroxyl groups is 1. The number of ether oxygens (including phenoxy) is 1. The SMILES string of the molecule is CC(C)(C)OC(=O)N1CCCC(NC(=O)c2cc(NC(=O)Cc3cc(Cl)ccc3O)ccn2)C1. The van der Waals surface area contributed by atoms with Gasteiger partial charge < -0.3 is 25.4 Å². The summed E-state index contributed by atoms with van der Waals surface area (Å²) < 4.78 is 5.42. The Balaban J connectivity index is 1.58. The van der Waals surface area contributed by atoms with Crippen molar-refractivity contribution in [2.24, 2.45) is 0 Å². The summed E-state index contributed by atoms with van der Waals surface area (Å²) in [4.78, 5) is 43.2. The number of halogens is 1. The second kappa shape index (κ2) is 10.7. The number of anilines is 1. The Morgan fingerprint density at radius 1 is 1.24 bits per heavy atom. The van der Waals surface area contributed by atoms with E-state index in [1.54, 1.807) is 11.0 Å². The summed E-state index contributed by atoms with van der Waals surface area (Å²) >= 11 is 5.93. The summed E-state index contributed by atoms with van der Waals surface area (Å²) in [6, 6.07) is 7.28. The van der Waals surface area contributed by atoms with Gasteiger partial charge in [-0.3, -0.25) is 14.6 Å². The summed E-state index contributed by atoms with van der Waals surface area (Å²) in [5.74, 6) is -0.808. The fourth-order valence-electron chi connectivity index (χ4n) is 3.55. The Labute approximate surface area is 203 Å². The molecule has 1 atom stereocenters. The number of piperidine rings is 1. The number of aromatic nitrogens is 1. The van der Waals surface area contributed by atoms with E-state index < -0.39 is 17.6 Å². The second-order valence-electron chi connectivity index (χ2n) is 9.17. The Kier molecular flexibility index (Phi) is 7.98. The van der Waals surface area contributed by atoms with Crippen LogP contribution in [-0.2, 0) is 16.0 Å². The van der Waals surface area contributed by atoms with Gasteiger partial charge in [0.2, 0.25) is 5.91 Å². The molecule has 0 aliphatic carbocycles. The summed E-state index contributed by atoms with van der Waals surface area (Å²) in [5.41, 5.74) is 0.334. The lowest BCUT2D eigenvalue weighted by molar-refractivity contribution is -0.115. The zero-order valence-corrected chi connectivity index (χ0v) is 20.2. The van der Waals surface area contributed by atoms with E-state index in [2.05, 4.69) is 15.6 Å². The molecule has 3 rings (SSSR count). The molecule has 0 radical (unpaired) electrons. The lowest BCUT2D eigenvalue weighted by Crippen LogP contribution is -2.50. The smallest absolute Gasteiger partial charge is 0.410 e. The topological polar surface area (TPSA) is 121 Å². The van der Waals surface area contributed by atoms with Gasteiger partial charge in [0.05, 0.1) is 6.42 Å². The fourth-order valence-corrected chi connectivity index (χ4v) is 3.75. The normalized spacial score (nSPS) is 16.0. The molecule has 1 aliphatic rings. The fraction of sp³-hybridized carbons (Fsp3) is 0.417. The van der Waals surface area contributed by atoms with Crippen LogP contribution in [-0.4, -0.2) is 57.6 Å². The number of hydrogen-bond donors (Lipinski definition) is 3. The number of likely N-dealkylation sites (tertiary alicyclic amines) is 1. The minimum atomic E-state index is -0.590. The van der Waals surface area contributed by atoms with Crippen LogP contribution in [0.2, 0.25) is 5.02 Å². The van der Waals surface area contributed by atoms with Crippen molar-refractivity contribution in [1.82, 2.24) is 15.2 Å². The number of phenolic OH excluding ortho intramolecular Hbond substituents is 1. The van der Waals surface area contributed by atoms with Gasteiger partial charge >= 0.3 is 6.09 Å². The van der Waals surface area contributed by atoms with Crippen molar-refractivity contribution in [2.45, 2.75) is 51.7 Å². The van der Waals surface area contributed by atoms with Gasteiger partial charge in [-0.1, -0.05) is 11.6 Å². The quantitative estimate of drug-likeness (QED) is 0.589. The number of nitrogens with zero attached hydrogens (tertiary/aromatic N) is 2. The number of pyridine rings is 1. The maximum Gasteiger partial charge on any atom is 0.410 e. The van der Waals surface area contributed by atoms with E-state index in [4.69, 9.17) is 16.3 Å². The van der Waals surface area contributed by atoms with Crippen molar-refractivity contribution >= 4 is 35.2 Å². The molecule has 1 aliphatic heterocycles. The molecular weight excluding hydrogens is 460 g/mol. The van der Waals surface area contributed by atoms with Gasteiger partial charge in [-0.25, -0.2) is 4.79 Å². The van der Waals surface area contributed by atoms with Crippen LogP contribution in [0.5, 0.6) is 5.75 Å². The number of hydrogen-bond acceptors (Lipinski definition) is 6. The minimum Gasteiger partial charge on any atom is -0.508 e. The van der Waals surface area contributed by atoms with Gasteiger partial charge in [-0.2, -0.15) is 0 Å². The molecule has 182 valence electrons. The molecule has 1 fully saturated rings. The molecule has 10 heteroatoms. The molecular formula is C24H29ClN4O5. The van der Waals surface area contributed by atoms with E-state index >= 15 is 0 Å². The van der Waals surface area contributed by atoms with Crippen molar-refractivity contribution in [1.29, 1.82) is 0 Å². The highest BCUT2D eigenvalue weighted by Crippen LogP contribution is 2.22. The van der Waals surface area contributed by atoms with Gasteiger partial charge in [0.15, 0.2) is 0 Å². The third-order valence-corrected chi connectivity index (χ3v) is 5.31. The summed E-state index contributed by atoms with van der Waals surface area (Å²) in [6.45, 7) is 6.35. The second-order valence-corrected chi connectivity index (χ2v) is 9.60. The lowest BCUT2D eigenvalue weighted by atomic mass is 10.1. The minimum absolute atomic E-state index is 0.0257. The third-order valence-electron chi connectivity index (χ3n) is 5.08. The summed E-state index contributed by atoms with van der Waals surface area (Å²) in [7, 11) is 0. The van der Waals surface area contributed by atoms with Crippen LogP contribution in [0.1, 0.15) is 49.7 Å². The first-order chi connectivity index (χ1) is 16.0. The average Bonchev–Trinajstić information content (AvgIpc) is 2.75. The molecule has 1 unspecified atom stereocenters. The van der Waals surface area contributed by atoms with Crippen molar-refractivity contribution in [2.75, 3.05) is 18.4 Å². The van der Waals surface area contributed by atoms with Crippen LogP contribution in [0, 0.1) is 0 Å². The molecule has 3 N–H and O–H groups in total. The highest BCUT2D eigenvalue weighted by atomic mass is 35.5. The molecule has 9 nitrogen and oxygen atoms in total. The molecule has 1 saturated heterocycles. The molecule has 3 amide bonds. The average molecular weight is 489 g/mol. The Morgan fingerprint density at radius 3 is 2.74 bits per heavy atom. The zero-order chi connectivity index (χ0) is 24.9. The first-order valence-corrected chi connectivity index (χ1v) is 11.4. The molecule has 2 heterocycles. The largest absolute Gasteiger partial charge is 0.508 e. The Hall–Kier alpha value is -3.33. The van der Waals surface area contributed by atoms with Crippen molar-refractivity contribution in [3.8, 4) is 5.75 Å². The van der Waals surface area contributed by atoms with E-state index in [0.717, 1.165) is 12.8 Å². The highest BCUT2D eigenvalue weighted by molar-refractivity contribution is 6.30. The molecule has 0 saturated carbocycles. The van der Waals surface area contributed by atoms with Crippen LogP contribution >= 0.6 is 11.6 Å². The predicted octanol–water partition coefficient (Wildman–Crippen LogP) is 3.75. The van der Waals surface area contributed by atoms with E-state index in [0.29, 0.717) is 29.4 Å². The maximum absolute atomic E-state index is 12.8. The van der Waals surface area contributed by atoms with Gasteiger partial charge in [0.25, 0.3) is 5.91 Å². The standard InChI is InChI=1S/C24H29ClN4O5/c1-24(2,3)34-23(33)29-10-4-5-18(14-29)28-22(32)19-13-17(8-9-26-19)27-21(31)12-15-11-16(25)6-7-20(15)30/h6-9,11,13,18,30H,4-5,10,12,14H2,1-3H3,(H,28,32)(H,26,27,31). The number of nitrogens with one attached hydrogen (secondary N) is 2. The lowest BCUT2D eigenvalue weighted by Gasteiger charge is -2.34. The van der Waals surface area contributed by atoms with Crippen LogP contribution in [0.25, 0.3) is 0 Å². The third kappa shape index (κ3) is 7.34.